The van der Waals surface area contributed by atoms with Crippen molar-refractivity contribution in [2.75, 3.05) is 0 Å². The second kappa shape index (κ2) is 5.31. The number of hydrogen-bond acceptors (Lipinski definition) is 5. The van der Waals surface area contributed by atoms with Gasteiger partial charge in [0.05, 0.1) is 0 Å². The van der Waals surface area contributed by atoms with Crippen LogP contribution in [-0.4, -0.2) is 36.4 Å². The maximum Gasteiger partial charge on any atom is 0.334 e. The molecule has 7 atom stereocenters. The van der Waals surface area contributed by atoms with Crippen LogP contribution >= 0.6 is 0 Å². The van der Waals surface area contributed by atoms with Gasteiger partial charge in [-0.2, -0.15) is 0 Å². The fourth-order valence-electron chi connectivity index (χ4n) is 4.95. The van der Waals surface area contributed by atoms with Crippen LogP contribution in [0.1, 0.15) is 33.6 Å². The van der Waals surface area contributed by atoms with Crippen molar-refractivity contribution in [3.8, 4) is 0 Å². The summed E-state index contributed by atoms with van der Waals surface area (Å²) in [6.07, 6.45) is 2.46. The van der Waals surface area contributed by atoms with E-state index in [1.54, 1.807) is 13.0 Å². The quantitative estimate of drug-likeness (QED) is 0.333. The predicted molar refractivity (Wildman–Crippen MR) is 90.5 cm³/mol. The smallest absolute Gasteiger partial charge is 0.334 e. The van der Waals surface area contributed by atoms with E-state index in [1.165, 1.54) is 0 Å². The maximum absolute atomic E-state index is 12.4. The fourth-order valence-corrected chi connectivity index (χ4v) is 4.95. The second-order valence-electron chi connectivity index (χ2n) is 7.92. The molecule has 0 amide bonds. The molecule has 0 radical (unpaired) electrons. The third kappa shape index (κ3) is 2.18. The lowest BCUT2D eigenvalue weighted by Gasteiger charge is -2.51. The van der Waals surface area contributed by atoms with E-state index in [2.05, 4.69) is 20.1 Å². The highest BCUT2D eigenvalue weighted by Crippen LogP contribution is 2.62. The first kappa shape index (κ1) is 16.6. The molecule has 4 aliphatic rings. The highest BCUT2D eigenvalue weighted by atomic mass is 16.6. The number of rotatable bonds is 2. The van der Waals surface area contributed by atoms with E-state index in [-0.39, 0.29) is 53.6 Å². The van der Waals surface area contributed by atoms with Crippen LogP contribution in [0.3, 0.4) is 0 Å². The van der Waals surface area contributed by atoms with Crippen molar-refractivity contribution < 1.29 is 23.8 Å². The van der Waals surface area contributed by atoms with Crippen LogP contribution in [0.4, 0.5) is 0 Å². The molecule has 0 spiro atoms. The monoisotopic (exact) mass is 344 g/mol. The summed E-state index contributed by atoms with van der Waals surface area (Å²) in [4.78, 5) is 24.4. The van der Waals surface area contributed by atoms with E-state index < -0.39 is 0 Å². The zero-order valence-corrected chi connectivity index (χ0v) is 14.9. The van der Waals surface area contributed by atoms with Gasteiger partial charge >= 0.3 is 11.9 Å². The van der Waals surface area contributed by atoms with Crippen molar-refractivity contribution in [1.29, 1.82) is 0 Å². The zero-order valence-electron chi connectivity index (χ0n) is 14.9. The maximum atomic E-state index is 12.4. The number of carbonyl (C=O) groups excluding carboxylic acids is 2. The van der Waals surface area contributed by atoms with Crippen molar-refractivity contribution in [2.45, 2.75) is 58.0 Å². The summed E-state index contributed by atoms with van der Waals surface area (Å²) in [6, 6.07) is 0. The summed E-state index contributed by atoms with van der Waals surface area (Å²) < 4.78 is 17.4. The van der Waals surface area contributed by atoms with Gasteiger partial charge in [0.25, 0.3) is 0 Å². The Labute approximate surface area is 147 Å². The third-order valence-electron chi connectivity index (χ3n) is 6.61. The van der Waals surface area contributed by atoms with Crippen LogP contribution in [0.2, 0.25) is 0 Å². The largest absolute Gasteiger partial charge is 0.458 e. The number of carbonyl (C=O) groups is 2. The van der Waals surface area contributed by atoms with Crippen molar-refractivity contribution in [3.63, 3.8) is 0 Å². The van der Waals surface area contributed by atoms with Gasteiger partial charge in [0, 0.05) is 28.4 Å². The van der Waals surface area contributed by atoms with E-state index in [4.69, 9.17) is 14.2 Å². The predicted octanol–water partition coefficient (Wildman–Crippen LogP) is 2.72. The van der Waals surface area contributed by atoms with Gasteiger partial charge in [-0.05, 0) is 32.3 Å². The summed E-state index contributed by atoms with van der Waals surface area (Å²) in [7, 11) is 0. The molecule has 0 N–H and O–H groups in total. The minimum atomic E-state index is -0.357. The van der Waals surface area contributed by atoms with Crippen LogP contribution in [0.25, 0.3) is 0 Å². The van der Waals surface area contributed by atoms with Crippen LogP contribution in [0, 0.1) is 17.3 Å². The Kier molecular flexibility index (Phi) is 3.52. The molecule has 0 unspecified atom stereocenters. The van der Waals surface area contributed by atoms with Crippen molar-refractivity contribution in [1.82, 2.24) is 0 Å². The topological polar surface area (TPSA) is 65.1 Å². The molecule has 2 heterocycles. The van der Waals surface area contributed by atoms with Crippen LogP contribution in [-0.2, 0) is 23.8 Å². The minimum absolute atomic E-state index is 0.0197. The Morgan fingerprint density at radius 3 is 2.76 bits per heavy atom. The van der Waals surface area contributed by atoms with Gasteiger partial charge in [-0.15, -0.1) is 0 Å². The van der Waals surface area contributed by atoms with E-state index >= 15 is 0 Å². The molecule has 4 rings (SSSR count). The van der Waals surface area contributed by atoms with Gasteiger partial charge in [-0.1, -0.05) is 26.2 Å². The third-order valence-corrected chi connectivity index (χ3v) is 6.61. The highest BCUT2D eigenvalue weighted by molar-refractivity contribution is 5.91. The lowest BCUT2D eigenvalue weighted by Crippen LogP contribution is -2.57. The molecule has 0 aromatic rings. The lowest BCUT2D eigenvalue weighted by molar-refractivity contribution is -0.168. The molecule has 5 heteroatoms. The molecule has 2 saturated heterocycles. The Bertz CT molecular complexity index is 720. The summed E-state index contributed by atoms with van der Waals surface area (Å²) >= 11 is 0. The fraction of sp³-hybridized carbons (Fsp3) is 0.600. The van der Waals surface area contributed by atoms with E-state index in [0.29, 0.717) is 11.1 Å². The Morgan fingerprint density at radius 2 is 2.08 bits per heavy atom. The van der Waals surface area contributed by atoms with Gasteiger partial charge < -0.3 is 14.2 Å². The van der Waals surface area contributed by atoms with Crippen LogP contribution in [0.15, 0.2) is 36.0 Å². The molecular weight excluding hydrogens is 320 g/mol. The Hall–Kier alpha value is -1.88. The van der Waals surface area contributed by atoms with E-state index in [9.17, 15) is 9.59 Å². The molecule has 2 aliphatic heterocycles. The average molecular weight is 344 g/mol. The van der Waals surface area contributed by atoms with Crippen LogP contribution < -0.4 is 0 Å². The summed E-state index contributed by atoms with van der Waals surface area (Å²) in [5, 5.41) is 0. The SMILES string of the molecule is C=C1C(=O)O[C@@H]2[C@H]1CC[C@]1(C)[C@H](OC(=O)/C(C)=C\C)[C@@H]3O[C@@H]3C(=C)[C@@H]21. The van der Waals surface area contributed by atoms with E-state index in [1.807, 2.05) is 6.92 Å². The standard InChI is InChI=1S/C20H24O5/c1-6-9(2)18(21)25-17-16-14(23-16)11(4)13-15-12(7-8-20(13,17)5)10(3)19(22)24-15/h6,12-17H,3-4,7-8H2,1-2,5H3/b9-6-/t12-,13-,14+,15+,16+,17+,20-/m0/s1. The number of esters is 2. The van der Waals surface area contributed by atoms with Crippen LogP contribution in [0.5, 0.6) is 0 Å². The first-order chi connectivity index (χ1) is 11.8. The molecule has 5 nitrogen and oxygen atoms in total. The summed E-state index contributed by atoms with van der Waals surface area (Å²) in [5.74, 6) is -0.693. The number of epoxide rings is 1. The first-order valence-corrected chi connectivity index (χ1v) is 8.87. The normalized spacial score (nSPS) is 45.2. The molecule has 0 aromatic heterocycles. The number of allylic oxidation sites excluding steroid dienone is 1. The van der Waals surface area contributed by atoms with E-state index in [0.717, 1.165) is 18.4 Å². The molecule has 2 aliphatic carbocycles. The number of fused-ring (bicyclic) bond motifs is 4. The first-order valence-electron chi connectivity index (χ1n) is 8.87. The van der Waals surface area contributed by atoms with Crippen molar-refractivity contribution >= 4 is 11.9 Å². The summed E-state index contributed by atoms with van der Waals surface area (Å²) in [5.41, 5.74) is 1.73. The van der Waals surface area contributed by atoms with Gasteiger partial charge in [0.2, 0.25) is 0 Å². The second-order valence-corrected chi connectivity index (χ2v) is 7.92. The molecule has 4 fully saturated rings. The molecule has 25 heavy (non-hydrogen) atoms. The summed E-state index contributed by atoms with van der Waals surface area (Å²) in [6.45, 7) is 13.8. The molecule has 0 aromatic carbocycles. The molecule has 0 bridgehead atoms. The van der Waals surface area contributed by atoms with Gasteiger partial charge in [0.1, 0.15) is 24.4 Å². The van der Waals surface area contributed by atoms with Gasteiger partial charge in [-0.3, -0.25) is 0 Å². The minimum Gasteiger partial charge on any atom is -0.458 e. The van der Waals surface area contributed by atoms with Crippen molar-refractivity contribution in [3.05, 3.63) is 36.0 Å². The average Bonchev–Trinajstić information content (AvgIpc) is 3.32. The molecular formula is C20H24O5. The Morgan fingerprint density at radius 1 is 1.36 bits per heavy atom. The Balaban J connectivity index is 1.68. The van der Waals surface area contributed by atoms with Gasteiger partial charge in [-0.25, -0.2) is 9.59 Å². The number of ether oxygens (including phenoxy) is 3. The van der Waals surface area contributed by atoms with Gasteiger partial charge in [0.15, 0.2) is 0 Å². The highest BCUT2D eigenvalue weighted by Gasteiger charge is 2.69. The molecule has 134 valence electrons. The zero-order chi connectivity index (χ0) is 18.1. The molecule has 2 saturated carbocycles. The lowest BCUT2D eigenvalue weighted by atomic mass is 9.54. The number of hydrogen-bond donors (Lipinski definition) is 0. The van der Waals surface area contributed by atoms with Crippen molar-refractivity contribution in [2.24, 2.45) is 17.3 Å².